The van der Waals surface area contributed by atoms with Crippen molar-refractivity contribution < 1.29 is 4.74 Å². The van der Waals surface area contributed by atoms with Crippen molar-refractivity contribution in [1.82, 2.24) is 0 Å². The van der Waals surface area contributed by atoms with Crippen LogP contribution in [0.4, 0.5) is 0 Å². The summed E-state index contributed by atoms with van der Waals surface area (Å²) in [6.07, 6.45) is 3.48. The van der Waals surface area contributed by atoms with Gasteiger partial charge in [0.2, 0.25) is 5.90 Å². The van der Waals surface area contributed by atoms with Gasteiger partial charge in [-0.3, -0.25) is 0 Å². The van der Waals surface area contributed by atoms with E-state index in [2.05, 4.69) is 11.6 Å². The highest BCUT2D eigenvalue weighted by atomic mass is 16.5. The summed E-state index contributed by atoms with van der Waals surface area (Å²) in [6, 6.07) is 0. The molecule has 0 atom stereocenters. The fraction of sp³-hybridized carbons (Fsp3) is 0.375. The molecule has 0 aromatic carbocycles. The first-order valence-electron chi connectivity index (χ1n) is 3.12. The van der Waals surface area contributed by atoms with E-state index in [1.165, 1.54) is 0 Å². The predicted octanol–water partition coefficient (Wildman–Crippen LogP) is 2.14. The normalized spacial score (nSPS) is 13.1. The maximum atomic E-state index is 4.86. The van der Waals surface area contributed by atoms with Crippen LogP contribution in [0.15, 0.2) is 29.4 Å². The van der Waals surface area contributed by atoms with Gasteiger partial charge in [0, 0.05) is 5.70 Å². The number of methoxy groups -OCH3 is 1. The van der Waals surface area contributed by atoms with E-state index in [1.54, 1.807) is 13.2 Å². The monoisotopic (exact) mass is 139 g/mol. The van der Waals surface area contributed by atoms with Gasteiger partial charge in [-0.15, -0.1) is 0 Å². The van der Waals surface area contributed by atoms with Crippen LogP contribution < -0.4 is 0 Å². The third kappa shape index (κ3) is 3.07. The Morgan fingerprint density at radius 3 is 2.50 bits per heavy atom. The Hall–Kier alpha value is -1.05. The Morgan fingerprint density at radius 1 is 1.60 bits per heavy atom. The van der Waals surface area contributed by atoms with Gasteiger partial charge in [0.15, 0.2) is 0 Å². The molecule has 0 unspecified atom stereocenters. The predicted molar refractivity (Wildman–Crippen MR) is 44.1 cm³/mol. The molecule has 0 fully saturated rings. The van der Waals surface area contributed by atoms with Crippen LogP contribution in [0.25, 0.3) is 0 Å². The van der Waals surface area contributed by atoms with Crippen molar-refractivity contribution in [3.8, 4) is 0 Å². The minimum absolute atomic E-state index is 0.551. The van der Waals surface area contributed by atoms with Crippen LogP contribution in [0.1, 0.15) is 13.8 Å². The van der Waals surface area contributed by atoms with E-state index in [-0.39, 0.29) is 0 Å². The second kappa shape index (κ2) is 4.79. The molecule has 0 aromatic heterocycles. The molecule has 0 rings (SSSR count). The highest BCUT2D eigenvalue weighted by Crippen LogP contribution is 1.95. The molecular formula is C8H13NO. The molecule has 0 heterocycles. The largest absolute Gasteiger partial charge is 0.481 e. The molecule has 0 saturated heterocycles. The van der Waals surface area contributed by atoms with E-state index >= 15 is 0 Å². The highest BCUT2D eigenvalue weighted by Gasteiger charge is 1.87. The van der Waals surface area contributed by atoms with Gasteiger partial charge in [-0.25, -0.2) is 4.99 Å². The van der Waals surface area contributed by atoms with Crippen molar-refractivity contribution in [2.24, 2.45) is 4.99 Å². The maximum Gasteiger partial charge on any atom is 0.212 e. The molecule has 0 spiro atoms. The van der Waals surface area contributed by atoms with Gasteiger partial charge in [-0.05, 0) is 19.9 Å². The molecule has 10 heavy (non-hydrogen) atoms. The summed E-state index contributed by atoms with van der Waals surface area (Å²) in [7, 11) is 1.57. The van der Waals surface area contributed by atoms with Gasteiger partial charge in [0.05, 0.1) is 7.11 Å². The first kappa shape index (κ1) is 8.95. The van der Waals surface area contributed by atoms with Crippen molar-refractivity contribution in [3.05, 3.63) is 24.4 Å². The standard InChI is InChI=1S/C8H13NO/c1-5-7(3)9-8(6-2)10-4/h5-6H,2H2,1,3-4H3/b7-5-,9-8?. The SMILES string of the molecule is C=CC(=N/C(C)=C\C)OC. The average molecular weight is 139 g/mol. The molecule has 0 bridgehead atoms. The Kier molecular flexibility index (Phi) is 4.29. The summed E-state index contributed by atoms with van der Waals surface area (Å²) in [5.74, 6) is 0.551. The van der Waals surface area contributed by atoms with Gasteiger partial charge in [0.25, 0.3) is 0 Å². The number of allylic oxidation sites excluding steroid dienone is 2. The lowest BCUT2D eigenvalue weighted by molar-refractivity contribution is 0.406. The minimum atomic E-state index is 0.551. The lowest BCUT2D eigenvalue weighted by atomic mass is 10.5. The number of hydrogen-bond donors (Lipinski definition) is 0. The van der Waals surface area contributed by atoms with Crippen molar-refractivity contribution in [2.75, 3.05) is 7.11 Å². The molecule has 0 aliphatic heterocycles. The zero-order valence-corrected chi connectivity index (χ0v) is 6.72. The number of hydrogen-bond acceptors (Lipinski definition) is 2. The molecule has 0 saturated carbocycles. The molecule has 0 aliphatic carbocycles. The van der Waals surface area contributed by atoms with Gasteiger partial charge < -0.3 is 4.74 Å². The van der Waals surface area contributed by atoms with Crippen molar-refractivity contribution in [2.45, 2.75) is 13.8 Å². The molecular weight excluding hydrogens is 126 g/mol. The lowest BCUT2D eigenvalue weighted by Crippen LogP contribution is -1.95. The number of rotatable bonds is 2. The quantitative estimate of drug-likeness (QED) is 0.424. The molecule has 0 amide bonds. The summed E-state index contributed by atoms with van der Waals surface area (Å²) in [5, 5.41) is 0. The molecule has 0 aromatic rings. The van der Waals surface area contributed by atoms with Crippen LogP contribution in [0.2, 0.25) is 0 Å². The maximum absolute atomic E-state index is 4.86. The number of aliphatic imine (C=N–C) groups is 1. The zero-order chi connectivity index (χ0) is 7.98. The van der Waals surface area contributed by atoms with Crippen LogP contribution in [0, 0.1) is 0 Å². The Labute approximate surface area is 61.9 Å². The first-order valence-corrected chi connectivity index (χ1v) is 3.12. The number of ether oxygens (including phenoxy) is 1. The Balaban J connectivity index is 4.24. The van der Waals surface area contributed by atoms with Crippen LogP contribution in [-0.2, 0) is 4.74 Å². The molecule has 0 aliphatic rings. The first-order chi connectivity index (χ1) is 4.74. The van der Waals surface area contributed by atoms with Crippen molar-refractivity contribution in [3.63, 3.8) is 0 Å². The second-order valence-corrected chi connectivity index (χ2v) is 1.79. The van der Waals surface area contributed by atoms with Crippen molar-refractivity contribution >= 4 is 5.90 Å². The summed E-state index contributed by atoms with van der Waals surface area (Å²) in [4.78, 5) is 4.07. The molecule has 0 N–H and O–H groups in total. The van der Waals surface area contributed by atoms with Crippen LogP contribution in [-0.4, -0.2) is 13.0 Å². The van der Waals surface area contributed by atoms with E-state index < -0.39 is 0 Å². The zero-order valence-electron chi connectivity index (χ0n) is 6.72. The topological polar surface area (TPSA) is 21.6 Å². The average Bonchev–Trinajstić information content (AvgIpc) is 1.99. The van der Waals surface area contributed by atoms with E-state index in [1.807, 2.05) is 19.9 Å². The van der Waals surface area contributed by atoms with Crippen LogP contribution >= 0.6 is 0 Å². The lowest BCUT2D eigenvalue weighted by Gasteiger charge is -1.96. The van der Waals surface area contributed by atoms with Crippen molar-refractivity contribution in [1.29, 1.82) is 0 Å². The van der Waals surface area contributed by atoms with Gasteiger partial charge >= 0.3 is 0 Å². The minimum Gasteiger partial charge on any atom is -0.481 e. The second-order valence-electron chi connectivity index (χ2n) is 1.79. The van der Waals surface area contributed by atoms with E-state index in [0.29, 0.717) is 5.90 Å². The Morgan fingerprint density at radius 2 is 2.20 bits per heavy atom. The van der Waals surface area contributed by atoms with Gasteiger partial charge in [0.1, 0.15) is 0 Å². The van der Waals surface area contributed by atoms with E-state index in [9.17, 15) is 0 Å². The molecule has 56 valence electrons. The molecule has 2 heteroatoms. The fourth-order valence-electron chi connectivity index (χ4n) is 0.413. The third-order valence-electron chi connectivity index (χ3n) is 1.09. The summed E-state index contributed by atoms with van der Waals surface area (Å²) in [6.45, 7) is 7.37. The summed E-state index contributed by atoms with van der Waals surface area (Å²) >= 11 is 0. The highest BCUT2D eigenvalue weighted by molar-refractivity contribution is 5.87. The third-order valence-corrected chi connectivity index (χ3v) is 1.09. The van der Waals surface area contributed by atoms with Crippen LogP contribution in [0.3, 0.4) is 0 Å². The molecule has 0 radical (unpaired) electrons. The van der Waals surface area contributed by atoms with Crippen LogP contribution in [0.5, 0.6) is 0 Å². The Bertz CT molecular complexity index is 168. The van der Waals surface area contributed by atoms with Gasteiger partial charge in [-0.1, -0.05) is 12.7 Å². The smallest absolute Gasteiger partial charge is 0.212 e. The van der Waals surface area contributed by atoms with E-state index in [4.69, 9.17) is 4.74 Å². The van der Waals surface area contributed by atoms with Gasteiger partial charge in [-0.2, -0.15) is 0 Å². The number of nitrogens with zero attached hydrogens (tertiary/aromatic N) is 1. The summed E-state index contributed by atoms with van der Waals surface area (Å²) < 4.78 is 4.86. The fourth-order valence-corrected chi connectivity index (χ4v) is 0.413. The summed E-state index contributed by atoms with van der Waals surface area (Å²) in [5.41, 5.74) is 0.928. The molecule has 2 nitrogen and oxygen atoms in total. The van der Waals surface area contributed by atoms with E-state index in [0.717, 1.165) is 5.70 Å².